The van der Waals surface area contributed by atoms with Crippen molar-refractivity contribution in [1.29, 1.82) is 0 Å². The molecule has 1 heterocycles. The van der Waals surface area contributed by atoms with Crippen LogP contribution in [0.25, 0.3) is 0 Å². The summed E-state index contributed by atoms with van der Waals surface area (Å²) < 4.78 is 0. The van der Waals surface area contributed by atoms with Crippen molar-refractivity contribution >= 4 is 34.6 Å². The molecule has 0 aliphatic heterocycles. The van der Waals surface area contributed by atoms with E-state index in [0.717, 1.165) is 0 Å². The van der Waals surface area contributed by atoms with Gasteiger partial charge < -0.3 is 10.6 Å². The van der Waals surface area contributed by atoms with Crippen LogP contribution in [0.4, 0.5) is 0 Å². The van der Waals surface area contributed by atoms with Crippen molar-refractivity contribution in [3.63, 3.8) is 0 Å². The third-order valence-electron chi connectivity index (χ3n) is 3.21. The van der Waals surface area contributed by atoms with Gasteiger partial charge >= 0.3 is 0 Å². The van der Waals surface area contributed by atoms with Gasteiger partial charge in [0, 0.05) is 11.3 Å². The van der Waals surface area contributed by atoms with Gasteiger partial charge in [-0.05, 0) is 42.4 Å². The predicted octanol–water partition coefficient (Wildman–Crippen LogP) is 2.82. The summed E-state index contributed by atoms with van der Waals surface area (Å²) in [5.74, 6) is 0.607. The van der Waals surface area contributed by atoms with Gasteiger partial charge in [0.2, 0.25) is 5.91 Å². The van der Waals surface area contributed by atoms with Crippen molar-refractivity contribution in [3.8, 4) is 0 Å². The minimum Gasteiger partial charge on any atom is -0.357 e. The molecule has 1 fully saturated rings. The smallest absolute Gasteiger partial charge is 0.226 e. The van der Waals surface area contributed by atoms with Gasteiger partial charge in [-0.2, -0.15) is 0 Å². The first-order valence-electron chi connectivity index (χ1n) is 6.34. The van der Waals surface area contributed by atoms with Crippen molar-refractivity contribution in [1.82, 2.24) is 10.6 Å². The lowest BCUT2D eigenvalue weighted by Gasteiger charge is -2.11. The number of hydrogen-bond acceptors (Lipinski definition) is 3. The van der Waals surface area contributed by atoms with Crippen LogP contribution in [-0.2, 0) is 11.3 Å². The number of hydrogen-bond donors (Lipinski definition) is 2. The summed E-state index contributed by atoms with van der Waals surface area (Å²) in [5.41, 5.74) is 0. The molecule has 18 heavy (non-hydrogen) atoms. The van der Waals surface area contributed by atoms with Crippen molar-refractivity contribution in [3.05, 3.63) is 22.4 Å². The molecule has 1 aliphatic carbocycles. The molecule has 2 rings (SSSR count). The van der Waals surface area contributed by atoms with E-state index >= 15 is 0 Å². The van der Waals surface area contributed by atoms with Crippen LogP contribution in [0.3, 0.4) is 0 Å². The Balaban J connectivity index is 1.65. The van der Waals surface area contributed by atoms with Crippen molar-refractivity contribution in [2.24, 2.45) is 5.92 Å². The molecule has 2 N–H and O–H groups in total. The maximum atomic E-state index is 11.7. The highest BCUT2D eigenvalue weighted by molar-refractivity contribution is 7.80. The molecule has 0 radical (unpaired) electrons. The fourth-order valence-electron chi connectivity index (χ4n) is 2.28. The first-order chi connectivity index (χ1) is 8.74. The van der Waals surface area contributed by atoms with Gasteiger partial charge in [-0.25, -0.2) is 0 Å². The van der Waals surface area contributed by atoms with E-state index in [-0.39, 0.29) is 5.91 Å². The topological polar surface area (TPSA) is 41.1 Å². The quantitative estimate of drug-likeness (QED) is 0.834. The van der Waals surface area contributed by atoms with Crippen LogP contribution >= 0.6 is 23.6 Å². The van der Waals surface area contributed by atoms with E-state index in [1.54, 1.807) is 11.3 Å². The van der Waals surface area contributed by atoms with E-state index in [2.05, 4.69) is 10.6 Å². The first-order valence-corrected chi connectivity index (χ1v) is 7.63. The SMILES string of the molecule is O=C(CC1CCCC1)NC(=S)NCc1cccs1. The summed E-state index contributed by atoms with van der Waals surface area (Å²) in [5, 5.41) is 8.27. The number of thiophene rings is 1. The fraction of sp³-hybridized carbons (Fsp3) is 0.538. The van der Waals surface area contributed by atoms with Gasteiger partial charge in [0.1, 0.15) is 0 Å². The van der Waals surface area contributed by atoms with Gasteiger partial charge in [-0.15, -0.1) is 11.3 Å². The number of carbonyl (C=O) groups is 1. The molecule has 98 valence electrons. The van der Waals surface area contributed by atoms with Gasteiger partial charge in [0.15, 0.2) is 5.11 Å². The Morgan fingerprint density at radius 2 is 2.22 bits per heavy atom. The predicted molar refractivity (Wildman–Crippen MR) is 78.5 cm³/mol. The van der Waals surface area contributed by atoms with Crippen LogP contribution in [0.5, 0.6) is 0 Å². The summed E-state index contributed by atoms with van der Waals surface area (Å²) in [6, 6.07) is 4.05. The lowest BCUT2D eigenvalue weighted by Crippen LogP contribution is -2.39. The van der Waals surface area contributed by atoms with E-state index in [9.17, 15) is 4.79 Å². The van der Waals surface area contributed by atoms with E-state index in [0.29, 0.717) is 24.0 Å². The highest BCUT2D eigenvalue weighted by Gasteiger charge is 2.18. The van der Waals surface area contributed by atoms with E-state index in [1.165, 1.54) is 30.6 Å². The Bertz CT molecular complexity index is 397. The van der Waals surface area contributed by atoms with Crippen molar-refractivity contribution in [2.75, 3.05) is 0 Å². The van der Waals surface area contributed by atoms with Crippen molar-refractivity contribution in [2.45, 2.75) is 38.6 Å². The highest BCUT2D eigenvalue weighted by Crippen LogP contribution is 2.27. The molecule has 0 atom stereocenters. The molecule has 0 unspecified atom stereocenters. The van der Waals surface area contributed by atoms with Gasteiger partial charge in [-0.1, -0.05) is 18.9 Å². The molecule has 1 saturated carbocycles. The molecule has 1 aromatic heterocycles. The fourth-order valence-corrected chi connectivity index (χ4v) is 3.11. The number of rotatable bonds is 4. The standard InChI is InChI=1S/C13H18N2OS2/c16-12(8-10-4-1-2-5-10)15-13(17)14-9-11-6-3-7-18-11/h3,6-7,10H,1-2,4-5,8-9H2,(H2,14,15,16,17). The van der Waals surface area contributed by atoms with Crippen LogP contribution in [0.15, 0.2) is 17.5 Å². The number of nitrogens with one attached hydrogen (secondary N) is 2. The second kappa shape index (κ2) is 6.85. The lowest BCUT2D eigenvalue weighted by molar-refractivity contribution is -0.120. The Labute approximate surface area is 117 Å². The summed E-state index contributed by atoms with van der Waals surface area (Å²) in [6.07, 6.45) is 5.50. The molecular formula is C13H18N2OS2. The van der Waals surface area contributed by atoms with E-state index in [4.69, 9.17) is 12.2 Å². The van der Waals surface area contributed by atoms with Gasteiger partial charge in [0.05, 0.1) is 6.54 Å². The molecule has 1 aliphatic rings. The largest absolute Gasteiger partial charge is 0.357 e. The third kappa shape index (κ3) is 4.38. The molecule has 0 aromatic carbocycles. The number of amides is 1. The zero-order valence-electron chi connectivity index (χ0n) is 10.3. The highest BCUT2D eigenvalue weighted by atomic mass is 32.1. The number of carbonyl (C=O) groups excluding carboxylic acids is 1. The molecule has 3 nitrogen and oxygen atoms in total. The lowest BCUT2D eigenvalue weighted by atomic mass is 10.0. The van der Waals surface area contributed by atoms with Crippen LogP contribution in [0.1, 0.15) is 37.0 Å². The average molecular weight is 282 g/mol. The summed E-state index contributed by atoms with van der Waals surface area (Å²) >= 11 is 6.78. The minimum atomic E-state index is 0.0468. The van der Waals surface area contributed by atoms with Crippen molar-refractivity contribution < 1.29 is 4.79 Å². The van der Waals surface area contributed by atoms with E-state index < -0.39 is 0 Å². The number of thiocarbonyl (C=S) groups is 1. The second-order valence-corrected chi connectivity index (χ2v) is 6.11. The van der Waals surface area contributed by atoms with Crippen LogP contribution in [0.2, 0.25) is 0 Å². The average Bonchev–Trinajstić information content (AvgIpc) is 2.98. The van der Waals surface area contributed by atoms with Gasteiger partial charge in [0.25, 0.3) is 0 Å². The monoisotopic (exact) mass is 282 g/mol. The third-order valence-corrected chi connectivity index (χ3v) is 4.33. The molecule has 0 bridgehead atoms. The molecule has 1 aromatic rings. The molecule has 0 saturated heterocycles. The van der Waals surface area contributed by atoms with Gasteiger partial charge in [-0.3, -0.25) is 4.79 Å². The van der Waals surface area contributed by atoms with Crippen LogP contribution in [0, 0.1) is 5.92 Å². The van der Waals surface area contributed by atoms with E-state index in [1.807, 2.05) is 17.5 Å². The zero-order valence-corrected chi connectivity index (χ0v) is 11.9. The Morgan fingerprint density at radius 3 is 2.89 bits per heavy atom. The normalized spacial score (nSPS) is 15.6. The molecule has 0 spiro atoms. The molecule has 1 amide bonds. The first kappa shape index (κ1) is 13.5. The summed E-state index contributed by atoms with van der Waals surface area (Å²) in [7, 11) is 0. The second-order valence-electron chi connectivity index (χ2n) is 4.66. The maximum absolute atomic E-state index is 11.7. The molecular weight excluding hydrogens is 264 g/mol. The summed E-state index contributed by atoms with van der Waals surface area (Å²) in [6.45, 7) is 0.681. The maximum Gasteiger partial charge on any atom is 0.226 e. The Morgan fingerprint density at radius 1 is 1.44 bits per heavy atom. The molecule has 5 heteroatoms. The summed E-state index contributed by atoms with van der Waals surface area (Å²) in [4.78, 5) is 12.9. The Kier molecular flexibility index (Phi) is 5.13. The zero-order chi connectivity index (χ0) is 12.8. The minimum absolute atomic E-state index is 0.0468. The van der Waals surface area contributed by atoms with Crippen LogP contribution in [-0.4, -0.2) is 11.0 Å². The van der Waals surface area contributed by atoms with Crippen LogP contribution < -0.4 is 10.6 Å². The Hall–Kier alpha value is -0.940.